The van der Waals surface area contributed by atoms with E-state index in [0.29, 0.717) is 6.54 Å². The third kappa shape index (κ3) is 3.16. The Morgan fingerprint density at radius 3 is 2.88 bits per heavy atom. The number of benzene rings is 1. The summed E-state index contributed by atoms with van der Waals surface area (Å²) in [4.78, 5) is 9.63. The van der Waals surface area contributed by atoms with Gasteiger partial charge >= 0.3 is 0 Å². The first-order chi connectivity index (χ1) is 12.3. The quantitative estimate of drug-likeness (QED) is 0.520. The molecule has 0 atom stereocenters. The van der Waals surface area contributed by atoms with Crippen LogP contribution in [0.1, 0.15) is 12.6 Å². The zero-order valence-electron chi connectivity index (χ0n) is 13.7. The van der Waals surface area contributed by atoms with Gasteiger partial charge in [-0.1, -0.05) is 24.3 Å². The summed E-state index contributed by atoms with van der Waals surface area (Å²) in [5, 5.41) is 7.67. The molecule has 4 aromatic rings. The number of aromatic nitrogens is 2. The smallest absolute Gasteiger partial charge is 0.206 e. The number of thiazole rings is 1. The Labute approximate surface area is 148 Å². The first-order valence-electron chi connectivity index (χ1n) is 8.00. The maximum Gasteiger partial charge on any atom is 0.206 e. The van der Waals surface area contributed by atoms with Crippen molar-refractivity contribution >= 4 is 28.5 Å². The van der Waals surface area contributed by atoms with Gasteiger partial charge in [0.2, 0.25) is 4.80 Å². The molecule has 3 heterocycles. The van der Waals surface area contributed by atoms with Gasteiger partial charge < -0.3 is 4.42 Å². The highest BCUT2D eigenvalue weighted by Gasteiger charge is 2.12. The maximum atomic E-state index is 5.99. The molecule has 0 saturated heterocycles. The van der Waals surface area contributed by atoms with Gasteiger partial charge in [0.25, 0.3) is 0 Å². The van der Waals surface area contributed by atoms with Gasteiger partial charge in [-0.3, -0.25) is 9.98 Å². The minimum Gasteiger partial charge on any atom is -0.454 e. The van der Waals surface area contributed by atoms with Crippen molar-refractivity contribution in [1.29, 1.82) is 0 Å². The number of fused-ring (bicyclic) bond motifs is 1. The van der Waals surface area contributed by atoms with E-state index in [-0.39, 0.29) is 0 Å². The van der Waals surface area contributed by atoms with Crippen LogP contribution in [0.5, 0.6) is 0 Å². The summed E-state index contributed by atoms with van der Waals surface area (Å²) in [6.07, 6.45) is 3.48. The summed E-state index contributed by atoms with van der Waals surface area (Å²) in [5.41, 5.74) is 2.53. The van der Waals surface area contributed by atoms with Gasteiger partial charge in [0, 0.05) is 23.5 Å². The highest BCUT2D eigenvalue weighted by atomic mass is 32.1. The van der Waals surface area contributed by atoms with Gasteiger partial charge in [0.1, 0.15) is 11.3 Å². The van der Waals surface area contributed by atoms with Crippen LogP contribution in [-0.2, 0) is 0 Å². The summed E-state index contributed by atoms with van der Waals surface area (Å²) in [6, 6.07) is 15.7. The van der Waals surface area contributed by atoms with Crippen molar-refractivity contribution in [3.05, 3.63) is 70.6 Å². The molecule has 3 aromatic heterocycles. The number of rotatable bonds is 4. The lowest BCUT2D eigenvalue weighted by Crippen LogP contribution is -2.12. The molecule has 6 heteroatoms. The molecular formula is C19H16N4OS. The lowest BCUT2D eigenvalue weighted by molar-refractivity contribution is 0.621. The van der Waals surface area contributed by atoms with E-state index in [0.717, 1.165) is 32.9 Å². The molecule has 124 valence electrons. The van der Waals surface area contributed by atoms with Gasteiger partial charge in [0.05, 0.1) is 11.9 Å². The summed E-state index contributed by atoms with van der Waals surface area (Å²) in [7, 11) is 0. The van der Waals surface area contributed by atoms with Crippen molar-refractivity contribution in [1.82, 2.24) is 9.66 Å². The standard InChI is InChI=1S/C19H16N4OS/c1-2-20-19-23(22-12-15-8-5-6-10-21-15)16(13-25-19)18-11-14-7-3-4-9-17(14)24-18/h3-13H,2H2,1H3. The fourth-order valence-electron chi connectivity index (χ4n) is 2.50. The fraction of sp³-hybridized carbons (Fsp3) is 0.105. The minimum absolute atomic E-state index is 0.694. The molecule has 0 bridgehead atoms. The Bertz CT molecular complexity index is 1060. The van der Waals surface area contributed by atoms with Crippen LogP contribution in [-0.4, -0.2) is 22.4 Å². The average Bonchev–Trinajstić information content (AvgIpc) is 3.25. The van der Waals surface area contributed by atoms with E-state index in [1.807, 2.05) is 60.8 Å². The monoisotopic (exact) mass is 348 g/mol. The zero-order valence-corrected chi connectivity index (χ0v) is 14.5. The SMILES string of the molecule is CCN=c1scc(-c2cc3ccccc3o2)n1N=Cc1ccccn1. The number of furan rings is 1. The Kier molecular flexibility index (Phi) is 4.26. The Morgan fingerprint density at radius 2 is 2.08 bits per heavy atom. The van der Waals surface area contributed by atoms with E-state index in [2.05, 4.69) is 15.1 Å². The molecule has 1 aromatic carbocycles. The second kappa shape index (κ2) is 6.86. The van der Waals surface area contributed by atoms with Gasteiger partial charge in [-0.15, -0.1) is 11.3 Å². The highest BCUT2D eigenvalue weighted by Crippen LogP contribution is 2.28. The van der Waals surface area contributed by atoms with E-state index in [9.17, 15) is 0 Å². The van der Waals surface area contributed by atoms with E-state index in [1.54, 1.807) is 28.4 Å². The first-order valence-corrected chi connectivity index (χ1v) is 8.88. The molecule has 0 aliphatic rings. The molecule has 5 nitrogen and oxygen atoms in total. The molecule has 25 heavy (non-hydrogen) atoms. The zero-order chi connectivity index (χ0) is 17.1. The van der Waals surface area contributed by atoms with Crippen LogP contribution in [0.25, 0.3) is 22.4 Å². The van der Waals surface area contributed by atoms with E-state index < -0.39 is 0 Å². The van der Waals surface area contributed by atoms with Crippen molar-refractivity contribution in [2.45, 2.75) is 6.92 Å². The second-order valence-electron chi connectivity index (χ2n) is 5.34. The largest absolute Gasteiger partial charge is 0.454 e. The first kappa shape index (κ1) is 15.5. The molecule has 0 aliphatic heterocycles. The number of hydrogen-bond donors (Lipinski definition) is 0. The van der Waals surface area contributed by atoms with Crippen LogP contribution in [0, 0.1) is 0 Å². The third-order valence-electron chi connectivity index (χ3n) is 3.65. The van der Waals surface area contributed by atoms with Gasteiger partial charge in [0.15, 0.2) is 5.76 Å². The molecule has 0 radical (unpaired) electrons. The van der Waals surface area contributed by atoms with Crippen LogP contribution < -0.4 is 4.80 Å². The number of pyridine rings is 1. The number of para-hydroxylation sites is 1. The van der Waals surface area contributed by atoms with E-state index >= 15 is 0 Å². The second-order valence-corrected chi connectivity index (χ2v) is 6.17. The minimum atomic E-state index is 0.694. The van der Waals surface area contributed by atoms with Crippen molar-refractivity contribution in [2.75, 3.05) is 6.54 Å². The molecule has 4 rings (SSSR count). The molecule has 0 spiro atoms. The summed E-state index contributed by atoms with van der Waals surface area (Å²) < 4.78 is 7.80. The van der Waals surface area contributed by atoms with Crippen LogP contribution in [0.2, 0.25) is 0 Å². The summed E-state index contributed by atoms with van der Waals surface area (Å²) >= 11 is 1.54. The molecule has 0 aliphatic carbocycles. The predicted octanol–water partition coefficient (Wildman–Crippen LogP) is 4.16. The van der Waals surface area contributed by atoms with Gasteiger partial charge in [-0.25, -0.2) is 4.68 Å². The molecule has 0 amide bonds. The molecule has 0 fully saturated rings. The Hall–Kier alpha value is -2.99. The van der Waals surface area contributed by atoms with Gasteiger partial charge in [-0.05, 0) is 31.2 Å². The predicted molar refractivity (Wildman–Crippen MR) is 101 cm³/mol. The summed E-state index contributed by atoms with van der Waals surface area (Å²) in [5.74, 6) is 0.771. The highest BCUT2D eigenvalue weighted by molar-refractivity contribution is 7.07. The normalized spacial score (nSPS) is 12.4. The van der Waals surface area contributed by atoms with E-state index in [1.165, 1.54) is 0 Å². The number of nitrogens with zero attached hydrogens (tertiary/aromatic N) is 4. The van der Waals surface area contributed by atoms with Crippen LogP contribution in [0.4, 0.5) is 0 Å². The fourth-order valence-corrected chi connectivity index (χ4v) is 3.38. The van der Waals surface area contributed by atoms with Crippen LogP contribution in [0.3, 0.4) is 0 Å². The Balaban J connectivity index is 1.83. The van der Waals surface area contributed by atoms with Crippen molar-refractivity contribution < 1.29 is 4.42 Å². The van der Waals surface area contributed by atoms with E-state index in [4.69, 9.17) is 4.42 Å². The van der Waals surface area contributed by atoms with Crippen molar-refractivity contribution in [3.63, 3.8) is 0 Å². The topological polar surface area (TPSA) is 55.7 Å². The van der Waals surface area contributed by atoms with Crippen molar-refractivity contribution in [2.24, 2.45) is 10.1 Å². The number of hydrogen-bond acceptors (Lipinski definition) is 5. The third-order valence-corrected chi connectivity index (χ3v) is 4.50. The molecule has 0 N–H and O–H groups in total. The summed E-state index contributed by atoms with van der Waals surface area (Å²) in [6.45, 7) is 2.70. The molecular weight excluding hydrogens is 332 g/mol. The van der Waals surface area contributed by atoms with Crippen molar-refractivity contribution in [3.8, 4) is 11.5 Å². The van der Waals surface area contributed by atoms with Crippen LogP contribution >= 0.6 is 11.3 Å². The molecule has 0 saturated carbocycles. The Morgan fingerprint density at radius 1 is 1.20 bits per heavy atom. The average molecular weight is 348 g/mol. The van der Waals surface area contributed by atoms with Crippen LogP contribution in [0.15, 0.2) is 74.6 Å². The lowest BCUT2D eigenvalue weighted by Gasteiger charge is -2.00. The van der Waals surface area contributed by atoms with Gasteiger partial charge in [-0.2, -0.15) is 5.10 Å². The maximum absolute atomic E-state index is 5.99. The molecule has 0 unspecified atom stereocenters. The lowest BCUT2D eigenvalue weighted by atomic mass is 10.2.